The third-order valence-electron chi connectivity index (χ3n) is 4.85. The Labute approximate surface area is 155 Å². The van der Waals surface area contributed by atoms with Crippen molar-refractivity contribution in [2.75, 3.05) is 23.4 Å². The number of hydrogen-bond donors (Lipinski definition) is 0. The zero-order valence-electron chi connectivity index (χ0n) is 15.4. The van der Waals surface area contributed by atoms with Crippen LogP contribution in [0.4, 0.5) is 17.3 Å². The largest absolute Gasteiger partial charge is 0.355 e. The van der Waals surface area contributed by atoms with Crippen LogP contribution in [0.2, 0.25) is 0 Å². The molecule has 0 bridgehead atoms. The molecule has 2 aromatic carbocycles. The van der Waals surface area contributed by atoms with Crippen molar-refractivity contribution in [3.63, 3.8) is 0 Å². The summed E-state index contributed by atoms with van der Waals surface area (Å²) in [6.45, 7) is 3.79. The van der Waals surface area contributed by atoms with Crippen molar-refractivity contribution in [2.45, 2.75) is 26.3 Å². The number of rotatable bonds is 4. The standard InChI is InChI=1S/C22H24N4/c1-17-23-21(25(2)16-18-9-4-3-5-10-18)15-22(24-17)26-14-8-12-19-11-6-7-13-20(19)26/h3-7,9-11,13,15H,8,12,14,16H2,1-2H3. The van der Waals surface area contributed by atoms with Gasteiger partial charge in [0.25, 0.3) is 0 Å². The average Bonchev–Trinajstić information content (AvgIpc) is 2.68. The highest BCUT2D eigenvalue weighted by Gasteiger charge is 2.20. The molecule has 2 heterocycles. The summed E-state index contributed by atoms with van der Waals surface area (Å²) in [6, 6.07) is 21.2. The number of benzene rings is 2. The SMILES string of the molecule is Cc1nc(N(C)Cc2ccccc2)cc(N2CCCc3ccccc32)n1. The van der Waals surface area contributed by atoms with Crippen molar-refractivity contribution in [3.05, 3.63) is 77.6 Å². The first kappa shape index (κ1) is 16.6. The van der Waals surface area contributed by atoms with Crippen LogP contribution < -0.4 is 9.80 Å². The molecule has 4 nitrogen and oxygen atoms in total. The van der Waals surface area contributed by atoms with Gasteiger partial charge in [0.05, 0.1) is 0 Å². The Bertz CT molecular complexity index is 892. The summed E-state index contributed by atoms with van der Waals surface area (Å²) in [5, 5.41) is 0. The minimum atomic E-state index is 0.806. The molecule has 0 radical (unpaired) electrons. The van der Waals surface area contributed by atoms with Crippen LogP contribution in [0.1, 0.15) is 23.4 Å². The maximum atomic E-state index is 4.73. The third-order valence-corrected chi connectivity index (χ3v) is 4.85. The topological polar surface area (TPSA) is 32.3 Å². The van der Waals surface area contributed by atoms with E-state index in [4.69, 9.17) is 4.98 Å². The van der Waals surface area contributed by atoms with Gasteiger partial charge in [0.15, 0.2) is 0 Å². The van der Waals surface area contributed by atoms with Gasteiger partial charge in [0, 0.05) is 31.9 Å². The average molecular weight is 344 g/mol. The highest BCUT2D eigenvalue weighted by Crippen LogP contribution is 2.33. The molecular weight excluding hydrogens is 320 g/mol. The Morgan fingerprint density at radius 2 is 1.77 bits per heavy atom. The van der Waals surface area contributed by atoms with Crippen LogP contribution in [0.5, 0.6) is 0 Å². The van der Waals surface area contributed by atoms with Crippen molar-refractivity contribution in [1.29, 1.82) is 0 Å². The number of anilines is 3. The molecule has 4 heteroatoms. The van der Waals surface area contributed by atoms with Gasteiger partial charge >= 0.3 is 0 Å². The summed E-state index contributed by atoms with van der Waals surface area (Å²) < 4.78 is 0. The van der Waals surface area contributed by atoms with Gasteiger partial charge in [0.2, 0.25) is 0 Å². The van der Waals surface area contributed by atoms with E-state index in [1.807, 2.05) is 13.0 Å². The maximum Gasteiger partial charge on any atom is 0.138 e. The molecular formula is C22H24N4. The number of aromatic nitrogens is 2. The summed E-state index contributed by atoms with van der Waals surface area (Å²) in [4.78, 5) is 13.9. The Morgan fingerprint density at radius 3 is 2.62 bits per heavy atom. The molecule has 132 valence electrons. The van der Waals surface area contributed by atoms with Gasteiger partial charge in [-0.25, -0.2) is 9.97 Å². The number of nitrogens with zero attached hydrogens (tertiary/aromatic N) is 4. The summed E-state index contributed by atoms with van der Waals surface area (Å²) in [5.74, 6) is 2.75. The zero-order chi connectivity index (χ0) is 17.9. The fourth-order valence-electron chi connectivity index (χ4n) is 3.58. The first-order chi connectivity index (χ1) is 12.7. The number of hydrogen-bond acceptors (Lipinski definition) is 4. The van der Waals surface area contributed by atoms with Gasteiger partial charge in [-0.1, -0.05) is 48.5 Å². The van der Waals surface area contributed by atoms with Gasteiger partial charge in [-0.05, 0) is 37.0 Å². The van der Waals surface area contributed by atoms with E-state index in [2.05, 4.69) is 76.4 Å². The molecule has 26 heavy (non-hydrogen) atoms. The van der Waals surface area contributed by atoms with E-state index in [-0.39, 0.29) is 0 Å². The van der Waals surface area contributed by atoms with Crippen LogP contribution in [0, 0.1) is 6.92 Å². The zero-order valence-corrected chi connectivity index (χ0v) is 15.4. The molecule has 1 aliphatic heterocycles. The molecule has 1 aliphatic rings. The second-order valence-corrected chi connectivity index (χ2v) is 6.86. The summed E-state index contributed by atoms with van der Waals surface area (Å²) in [5.41, 5.74) is 3.94. The van der Waals surface area contributed by atoms with Crippen molar-refractivity contribution < 1.29 is 0 Å². The second-order valence-electron chi connectivity index (χ2n) is 6.86. The lowest BCUT2D eigenvalue weighted by Gasteiger charge is -2.31. The van der Waals surface area contributed by atoms with Crippen LogP contribution in [-0.2, 0) is 13.0 Å². The molecule has 0 saturated heterocycles. The van der Waals surface area contributed by atoms with E-state index in [0.29, 0.717) is 0 Å². The lowest BCUT2D eigenvalue weighted by molar-refractivity contribution is 0.755. The Hall–Kier alpha value is -2.88. The second kappa shape index (κ2) is 7.16. The molecule has 0 spiro atoms. The van der Waals surface area contributed by atoms with Crippen molar-refractivity contribution in [3.8, 4) is 0 Å². The Balaban J connectivity index is 1.65. The van der Waals surface area contributed by atoms with Gasteiger partial charge in [0.1, 0.15) is 17.5 Å². The quantitative estimate of drug-likeness (QED) is 0.697. The van der Waals surface area contributed by atoms with Crippen LogP contribution in [-0.4, -0.2) is 23.6 Å². The lowest BCUT2D eigenvalue weighted by Crippen LogP contribution is -2.26. The predicted octanol–water partition coefficient (Wildman–Crippen LogP) is 4.51. The normalized spacial score (nSPS) is 13.4. The van der Waals surface area contributed by atoms with Crippen LogP contribution in [0.3, 0.4) is 0 Å². The first-order valence-electron chi connectivity index (χ1n) is 9.17. The third kappa shape index (κ3) is 3.40. The molecule has 0 fully saturated rings. The summed E-state index contributed by atoms with van der Waals surface area (Å²) in [6.07, 6.45) is 2.28. The van der Waals surface area contributed by atoms with Crippen molar-refractivity contribution in [2.24, 2.45) is 0 Å². The van der Waals surface area contributed by atoms with E-state index in [1.54, 1.807) is 0 Å². The molecule has 1 aromatic heterocycles. The smallest absolute Gasteiger partial charge is 0.138 e. The van der Waals surface area contributed by atoms with Gasteiger partial charge < -0.3 is 9.80 Å². The fourth-order valence-corrected chi connectivity index (χ4v) is 3.58. The maximum absolute atomic E-state index is 4.73. The van der Waals surface area contributed by atoms with Gasteiger partial charge in [-0.3, -0.25) is 0 Å². The van der Waals surface area contributed by atoms with Crippen LogP contribution in [0.15, 0.2) is 60.7 Å². The monoisotopic (exact) mass is 344 g/mol. The fraction of sp³-hybridized carbons (Fsp3) is 0.273. The lowest BCUT2D eigenvalue weighted by atomic mass is 10.0. The molecule has 0 N–H and O–H groups in total. The van der Waals surface area contributed by atoms with Crippen molar-refractivity contribution in [1.82, 2.24) is 9.97 Å². The molecule has 0 amide bonds. The minimum absolute atomic E-state index is 0.806. The molecule has 0 atom stereocenters. The van der Waals surface area contributed by atoms with Gasteiger partial charge in [-0.15, -0.1) is 0 Å². The van der Waals surface area contributed by atoms with E-state index < -0.39 is 0 Å². The Morgan fingerprint density at radius 1 is 1.00 bits per heavy atom. The minimum Gasteiger partial charge on any atom is -0.355 e. The summed E-state index contributed by atoms with van der Waals surface area (Å²) >= 11 is 0. The highest BCUT2D eigenvalue weighted by molar-refractivity contribution is 5.67. The van der Waals surface area contributed by atoms with E-state index in [0.717, 1.165) is 43.4 Å². The Kier molecular flexibility index (Phi) is 4.57. The van der Waals surface area contributed by atoms with Crippen LogP contribution in [0.25, 0.3) is 0 Å². The number of para-hydroxylation sites is 1. The van der Waals surface area contributed by atoms with Crippen LogP contribution >= 0.6 is 0 Å². The molecule has 0 saturated carbocycles. The summed E-state index contributed by atoms with van der Waals surface area (Å²) in [7, 11) is 2.09. The van der Waals surface area contributed by atoms with E-state index in [9.17, 15) is 0 Å². The van der Waals surface area contributed by atoms with Gasteiger partial charge in [-0.2, -0.15) is 0 Å². The molecule has 4 rings (SSSR count). The first-order valence-corrected chi connectivity index (χ1v) is 9.17. The molecule has 0 aliphatic carbocycles. The number of fused-ring (bicyclic) bond motifs is 1. The van der Waals surface area contributed by atoms with E-state index in [1.165, 1.54) is 16.8 Å². The van der Waals surface area contributed by atoms with E-state index >= 15 is 0 Å². The predicted molar refractivity (Wildman–Crippen MR) is 107 cm³/mol. The molecule has 3 aromatic rings. The highest BCUT2D eigenvalue weighted by atomic mass is 15.2. The van der Waals surface area contributed by atoms with Crippen molar-refractivity contribution >= 4 is 17.3 Å². The molecule has 0 unspecified atom stereocenters. The number of aryl methyl sites for hydroxylation is 2.